The number of ether oxygens (including phenoxy) is 1. The SMILES string of the molecule is COc1ccc(/C=C/C(=O)NC(=S)NCCO)cc1. The van der Waals surface area contributed by atoms with Gasteiger partial charge in [0.1, 0.15) is 5.75 Å². The number of aliphatic hydroxyl groups excluding tert-OH is 1. The van der Waals surface area contributed by atoms with Crippen molar-refractivity contribution in [2.75, 3.05) is 20.3 Å². The van der Waals surface area contributed by atoms with Crippen molar-refractivity contribution < 1.29 is 14.6 Å². The van der Waals surface area contributed by atoms with Crippen LogP contribution in [0.15, 0.2) is 30.3 Å². The van der Waals surface area contributed by atoms with Crippen LogP contribution in [0, 0.1) is 0 Å². The van der Waals surface area contributed by atoms with Crippen LogP contribution in [0.25, 0.3) is 6.08 Å². The van der Waals surface area contributed by atoms with Crippen molar-refractivity contribution in [2.24, 2.45) is 0 Å². The van der Waals surface area contributed by atoms with Crippen LogP contribution in [0.2, 0.25) is 0 Å². The number of carbonyl (C=O) groups is 1. The number of hydrogen-bond donors (Lipinski definition) is 3. The fraction of sp³-hybridized carbons (Fsp3) is 0.231. The maximum atomic E-state index is 11.5. The zero-order valence-electron chi connectivity index (χ0n) is 10.6. The molecule has 0 atom stereocenters. The maximum absolute atomic E-state index is 11.5. The van der Waals surface area contributed by atoms with Crippen LogP contribution in [-0.4, -0.2) is 36.4 Å². The molecule has 0 saturated heterocycles. The Morgan fingerprint density at radius 3 is 2.68 bits per heavy atom. The van der Waals surface area contributed by atoms with Crippen LogP contribution in [0.4, 0.5) is 0 Å². The summed E-state index contributed by atoms with van der Waals surface area (Å²) < 4.78 is 5.04. The molecule has 0 heterocycles. The highest BCUT2D eigenvalue weighted by Gasteiger charge is 1.99. The van der Waals surface area contributed by atoms with Gasteiger partial charge in [-0.05, 0) is 36.0 Å². The molecule has 5 nitrogen and oxygen atoms in total. The molecule has 0 spiro atoms. The average Bonchev–Trinajstić information content (AvgIpc) is 2.43. The molecule has 1 amide bonds. The highest BCUT2D eigenvalue weighted by molar-refractivity contribution is 7.80. The third-order valence-electron chi connectivity index (χ3n) is 2.18. The highest BCUT2D eigenvalue weighted by Crippen LogP contribution is 2.11. The van der Waals surface area contributed by atoms with E-state index < -0.39 is 0 Å². The quantitative estimate of drug-likeness (QED) is 0.547. The molecule has 102 valence electrons. The lowest BCUT2D eigenvalue weighted by molar-refractivity contribution is -0.115. The summed E-state index contributed by atoms with van der Waals surface area (Å²) in [5.41, 5.74) is 0.880. The van der Waals surface area contributed by atoms with Crippen molar-refractivity contribution in [3.05, 3.63) is 35.9 Å². The summed E-state index contributed by atoms with van der Waals surface area (Å²) >= 11 is 4.85. The average molecular weight is 280 g/mol. The molecule has 1 rings (SSSR count). The fourth-order valence-corrected chi connectivity index (χ4v) is 1.46. The summed E-state index contributed by atoms with van der Waals surface area (Å²) in [4.78, 5) is 11.5. The van der Waals surface area contributed by atoms with E-state index in [9.17, 15) is 4.79 Å². The number of aliphatic hydroxyl groups is 1. The van der Waals surface area contributed by atoms with E-state index in [0.29, 0.717) is 6.54 Å². The minimum atomic E-state index is -0.328. The molecule has 0 saturated carbocycles. The first-order valence-corrected chi connectivity index (χ1v) is 6.08. The molecule has 19 heavy (non-hydrogen) atoms. The van der Waals surface area contributed by atoms with Gasteiger partial charge in [0.05, 0.1) is 13.7 Å². The van der Waals surface area contributed by atoms with Gasteiger partial charge in [-0.1, -0.05) is 12.1 Å². The largest absolute Gasteiger partial charge is 0.497 e. The first-order chi connectivity index (χ1) is 9.15. The number of methoxy groups -OCH3 is 1. The van der Waals surface area contributed by atoms with Gasteiger partial charge in [-0.25, -0.2) is 0 Å². The second-order valence-corrected chi connectivity index (χ2v) is 3.98. The molecule has 6 heteroatoms. The Bertz CT molecular complexity index is 457. The van der Waals surface area contributed by atoms with Gasteiger partial charge in [-0.15, -0.1) is 0 Å². The van der Waals surface area contributed by atoms with Gasteiger partial charge in [0.15, 0.2) is 5.11 Å². The predicted octanol–water partition coefficient (Wildman–Crippen LogP) is 0.691. The van der Waals surface area contributed by atoms with E-state index in [1.165, 1.54) is 6.08 Å². The van der Waals surface area contributed by atoms with Crippen molar-refractivity contribution in [1.29, 1.82) is 0 Å². The minimum Gasteiger partial charge on any atom is -0.497 e. The van der Waals surface area contributed by atoms with E-state index in [4.69, 9.17) is 22.1 Å². The first kappa shape index (κ1) is 15.1. The summed E-state index contributed by atoms with van der Waals surface area (Å²) in [5.74, 6) is 0.433. The smallest absolute Gasteiger partial charge is 0.250 e. The van der Waals surface area contributed by atoms with Gasteiger partial charge in [-0.2, -0.15) is 0 Å². The van der Waals surface area contributed by atoms with Gasteiger partial charge in [0, 0.05) is 12.6 Å². The molecule has 0 aliphatic carbocycles. The second kappa shape index (κ2) is 8.23. The van der Waals surface area contributed by atoms with Crippen LogP contribution in [0.5, 0.6) is 5.75 Å². The topological polar surface area (TPSA) is 70.6 Å². The zero-order valence-corrected chi connectivity index (χ0v) is 11.4. The lowest BCUT2D eigenvalue weighted by Crippen LogP contribution is -2.39. The van der Waals surface area contributed by atoms with E-state index in [1.807, 2.05) is 24.3 Å². The lowest BCUT2D eigenvalue weighted by Gasteiger charge is -2.05. The van der Waals surface area contributed by atoms with E-state index in [0.717, 1.165) is 11.3 Å². The van der Waals surface area contributed by atoms with Crippen molar-refractivity contribution in [1.82, 2.24) is 10.6 Å². The summed E-state index contributed by atoms with van der Waals surface area (Å²) in [6.45, 7) is 0.263. The Balaban J connectivity index is 2.46. The van der Waals surface area contributed by atoms with E-state index >= 15 is 0 Å². The summed E-state index contributed by atoms with van der Waals surface area (Å²) in [6.07, 6.45) is 3.05. The van der Waals surface area contributed by atoms with Crippen LogP contribution in [0.3, 0.4) is 0 Å². The summed E-state index contributed by atoms with van der Waals surface area (Å²) in [6, 6.07) is 7.30. The Morgan fingerprint density at radius 1 is 1.42 bits per heavy atom. The molecule has 0 aliphatic heterocycles. The molecule has 1 aromatic carbocycles. The molecule has 0 bridgehead atoms. The fourth-order valence-electron chi connectivity index (χ4n) is 1.25. The lowest BCUT2D eigenvalue weighted by atomic mass is 10.2. The number of nitrogens with one attached hydrogen (secondary N) is 2. The molecule has 1 aromatic rings. The summed E-state index contributed by atoms with van der Waals surface area (Å²) in [5, 5.41) is 13.9. The van der Waals surface area contributed by atoms with E-state index in [2.05, 4.69) is 10.6 Å². The third-order valence-corrected chi connectivity index (χ3v) is 2.42. The zero-order chi connectivity index (χ0) is 14.1. The maximum Gasteiger partial charge on any atom is 0.250 e. The standard InChI is InChI=1S/C13H16N2O3S/c1-18-11-5-2-10(3-6-11)4-7-12(17)15-13(19)14-8-9-16/h2-7,16H,8-9H2,1H3,(H2,14,15,17,19)/b7-4+. The number of carbonyl (C=O) groups excluding carboxylic acids is 1. The Hall–Kier alpha value is -1.92. The Morgan fingerprint density at radius 2 is 2.11 bits per heavy atom. The number of thiocarbonyl (C=S) groups is 1. The van der Waals surface area contributed by atoms with E-state index in [1.54, 1.807) is 13.2 Å². The first-order valence-electron chi connectivity index (χ1n) is 5.67. The molecule has 0 fully saturated rings. The summed E-state index contributed by atoms with van der Waals surface area (Å²) in [7, 11) is 1.60. The second-order valence-electron chi connectivity index (χ2n) is 3.58. The molecular formula is C13H16N2O3S. The number of hydrogen-bond acceptors (Lipinski definition) is 4. The van der Waals surface area contributed by atoms with Crippen molar-refractivity contribution in [3.8, 4) is 5.75 Å². The van der Waals surface area contributed by atoms with Crippen LogP contribution >= 0.6 is 12.2 Å². The van der Waals surface area contributed by atoms with Gasteiger partial charge in [0.25, 0.3) is 0 Å². The van der Waals surface area contributed by atoms with Gasteiger partial charge >= 0.3 is 0 Å². The third kappa shape index (κ3) is 5.98. The van der Waals surface area contributed by atoms with Gasteiger partial charge in [0.2, 0.25) is 5.91 Å². The van der Waals surface area contributed by atoms with Crippen molar-refractivity contribution in [2.45, 2.75) is 0 Å². The monoisotopic (exact) mass is 280 g/mol. The molecular weight excluding hydrogens is 264 g/mol. The van der Waals surface area contributed by atoms with Gasteiger partial charge in [-0.3, -0.25) is 10.1 Å². The Kier molecular flexibility index (Phi) is 6.56. The minimum absolute atomic E-state index is 0.0440. The number of rotatable bonds is 5. The van der Waals surface area contributed by atoms with Crippen molar-refractivity contribution in [3.63, 3.8) is 0 Å². The van der Waals surface area contributed by atoms with Crippen LogP contribution < -0.4 is 15.4 Å². The van der Waals surface area contributed by atoms with Crippen LogP contribution in [0.1, 0.15) is 5.56 Å². The Labute approximate surface area is 117 Å². The predicted molar refractivity (Wildman–Crippen MR) is 77.9 cm³/mol. The molecule has 0 aromatic heterocycles. The van der Waals surface area contributed by atoms with Crippen LogP contribution in [-0.2, 0) is 4.79 Å². The highest BCUT2D eigenvalue weighted by atomic mass is 32.1. The van der Waals surface area contributed by atoms with Crippen molar-refractivity contribution >= 4 is 29.3 Å². The molecule has 0 unspecified atom stereocenters. The van der Waals surface area contributed by atoms with Gasteiger partial charge < -0.3 is 15.2 Å². The molecule has 0 aliphatic rings. The normalized spacial score (nSPS) is 10.2. The molecule has 3 N–H and O–H groups in total. The molecule has 0 radical (unpaired) electrons. The van der Waals surface area contributed by atoms with E-state index in [-0.39, 0.29) is 17.6 Å². The number of amides is 1. The number of benzene rings is 1.